The van der Waals surface area contributed by atoms with Crippen molar-refractivity contribution in [3.63, 3.8) is 0 Å². The van der Waals surface area contributed by atoms with Gasteiger partial charge in [-0.2, -0.15) is 5.10 Å². The van der Waals surface area contributed by atoms with Crippen LogP contribution in [0, 0.1) is 0 Å². The predicted molar refractivity (Wildman–Crippen MR) is 74.4 cm³/mol. The van der Waals surface area contributed by atoms with E-state index in [0.29, 0.717) is 12.2 Å². The fraction of sp³-hybridized carbons (Fsp3) is 0.143. The molecule has 0 aliphatic carbocycles. The molecule has 0 unspecified atom stereocenters. The Labute approximate surface area is 114 Å². The maximum absolute atomic E-state index is 12.0. The highest BCUT2D eigenvalue weighted by Gasteiger charge is 2.12. The van der Waals surface area contributed by atoms with Crippen LogP contribution in [0.2, 0.25) is 0 Å². The summed E-state index contributed by atoms with van der Waals surface area (Å²) in [5, 5.41) is 9.68. The van der Waals surface area contributed by atoms with E-state index in [2.05, 4.69) is 10.2 Å². The minimum Gasteiger partial charge on any atom is -0.462 e. The molecule has 0 aliphatic rings. The number of hydrogen-bond donors (Lipinski definition) is 1. The summed E-state index contributed by atoms with van der Waals surface area (Å²) < 4.78 is 5.30. The smallest absolute Gasteiger partial charge is 0.340 e. The minimum absolute atomic E-state index is 0.314. The van der Waals surface area contributed by atoms with Crippen LogP contribution in [0.1, 0.15) is 15.2 Å². The Kier molecular flexibility index (Phi) is 3.29. The zero-order chi connectivity index (χ0) is 13.1. The van der Waals surface area contributed by atoms with Crippen LogP contribution in [0.3, 0.4) is 0 Å². The Balaban J connectivity index is 1.68. The molecule has 4 nitrogen and oxygen atoms in total. The van der Waals surface area contributed by atoms with Crippen LogP contribution in [0.25, 0.3) is 10.9 Å². The third-order valence-electron chi connectivity index (χ3n) is 2.86. The number of H-pyrrole nitrogens is 1. The molecule has 1 N–H and O–H groups in total. The number of carbonyl (C=O) groups excluding carboxylic acids is 1. The van der Waals surface area contributed by atoms with Gasteiger partial charge in [-0.15, -0.1) is 11.3 Å². The molecular formula is C14H12N2O2S. The molecule has 0 spiro atoms. The van der Waals surface area contributed by atoms with Crippen molar-refractivity contribution in [3.05, 3.63) is 52.3 Å². The van der Waals surface area contributed by atoms with Crippen LogP contribution in [-0.4, -0.2) is 22.8 Å². The van der Waals surface area contributed by atoms with Crippen LogP contribution in [0.4, 0.5) is 0 Å². The summed E-state index contributed by atoms with van der Waals surface area (Å²) in [6.07, 6.45) is 2.44. The zero-order valence-electron chi connectivity index (χ0n) is 10.1. The third-order valence-corrected chi connectivity index (χ3v) is 3.79. The summed E-state index contributed by atoms with van der Waals surface area (Å²) >= 11 is 1.67. The summed E-state index contributed by atoms with van der Waals surface area (Å²) in [4.78, 5) is 13.2. The van der Waals surface area contributed by atoms with Crippen molar-refractivity contribution in [1.29, 1.82) is 0 Å². The maximum atomic E-state index is 12.0. The number of para-hydroxylation sites is 1. The lowest BCUT2D eigenvalue weighted by Gasteiger charge is -2.04. The molecule has 3 rings (SSSR count). The quantitative estimate of drug-likeness (QED) is 0.743. The molecule has 1 aromatic carbocycles. The van der Waals surface area contributed by atoms with Crippen LogP contribution in [0.15, 0.2) is 41.9 Å². The maximum Gasteiger partial charge on any atom is 0.340 e. The number of aromatic nitrogens is 2. The number of benzene rings is 1. The average molecular weight is 272 g/mol. The fourth-order valence-electron chi connectivity index (χ4n) is 1.92. The van der Waals surface area contributed by atoms with Gasteiger partial charge in [0.1, 0.15) is 0 Å². The number of ether oxygens (including phenoxy) is 1. The summed E-state index contributed by atoms with van der Waals surface area (Å²) in [6, 6.07) is 9.50. The highest BCUT2D eigenvalue weighted by Crippen LogP contribution is 2.17. The number of thiophene rings is 1. The first-order valence-corrected chi connectivity index (χ1v) is 6.84. The molecule has 0 fully saturated rings. The average Bonchev–Trinajstić information content (AvgIpc) is 3.08. The van der Waals surface area contributed by atoms with Gasteiger partial charge in [-0.3, -0.25) is 5.10 Å². The first kappa shape index (κ1) is 11.9. The highest BCUT2D eigenvalue weighted by molar-refractivity contribution is 7.09. The Bertz CT molecular complexity index is 688. The van der Waals surface area contributed by atoms with E-state index < -0.39 is 0 Å². The van der Waals surface area contributed by atoms with Crippen molar-refractivity contribution in [3.8, 4) is 0 Å². The van der Waals surface area contributed by atoms with Crippen molar-refractivity contribution in [2.24, 2.45) is 0 Å². The Hall–Kier alpha value is -2.14. The normalized spacial score (nSPS) is 10.7. The van der Waals surface area contributed by atoms with Crippen molar-refractivity contribution in [2.75, 3.05) is 6.61 Å². The zero-order valence-corrected chi connectivity index (χ0v) is 10.9. The van der Waals surface area contributed by atoms with Gasteiger partial charge in [0, 0.05) is 16.7 Å². The molecule has 19 heavy (non-hydrogen) atoms. The monoisotopic (exact) mass is 272 g/mol. The molecule has 0 bridgehead atoms. The number of fused-ring (bicyclic) bond motifs is 1. The van der Waals surface area contributed by atoms with E-state index in [9.17, 15) is 4.79 Å². The number of nitrogens with zero attached hydrogens (tertiary/aromatic N) is 1. The van der Waals surface area contributed by atoms with Gasteiger partial charge >= 0.3 is 5.97 Å². The predicted octanol–water partition coefficient (Wildman–Crippen LogP) is 3.02. The van der Waals surface area contributed by atoms with Crippen molar-refractivity contribution in [2.45, 2.75) is 6.42 Å². The number of hydrogen-bond acceptors (Lipinski definition) is 4. The molecule has 2 aromatic heterocycles. The number of rotatable bonds is 4. The number of carbonyl (C=O) groups is 1. The Morgan fingerprint density at radius 1 is 1.32 bits per heavy atom. The van der Waals surface area contributed by atoms with Gasteiger partial charge in [-0.1, -0.05) is 18.2 Å². The molecule has 0 saturated carbocycles. The van der Waals surface area contributed by atoms with Gasteiger partial charge in [0.15, 0.2) is 0 Å². The topological polar surface area (TPSA) is 55.0 Å². The lowest BCUT2D eigenvalue weighted by molar-refractivity contribution is 0.0512. The van der Waals surface area contributed by atoms with Gasteiger partial charge in [0.25, 0.3) is 0 Å². The van der Waals surface area contributed by atoms with E-state index in [-0.39, 0.29) is 5.97 Å². The van der Waals surface area contributed by atoms with Crippen molar-refractivity contribution < 1.29 is 9.53 Å². The number of nitrogens with one attached hydrogen (secondary N) is 1. The highest BCUT2D eigenvalue weighted by atomic mass is 32.1. The molecular weight excluding hydrogens is 260 g/mol. The minimum atomic E-state index is -0.314. The van der Waals surface area contributed by atoms with Gasteiger partial charge in [0.05, 0.1) is 23.9 Å². The lowest BCUT2D eigenvalue weighted by Crippen LogP contribution is -2.08. The van der Waals surface area contributed by atoms with E-state index in [1.165, 1.54) is 4.88 Å². The van der Waals surface area contributed by atoms with Gasteiger partial charge < -0.3 is 4.74 Å². The lowest BCUT2D eigenvalue weighted by atomic mass is 10.1. The first-order chi connectivity index (χ1) is 9.34. The number of esters is 1. The molecule has 96 valence electrons. The molecule has 3 aromatic rings. The first-order valence-electron chi connectivity index (χ1n) is 5.96. The second-order valence-electron chi connectivity index (χ2n) is 4.11. The third kappa shape index (κ3) is 2.51. The van der Waals surface area contributed by atoms with Gasteiger partial charge in [0.2, 0.25) is 0 Å². The van der Waals surface area contributed by atoms with E-state index in [1.807, 2.05) is 29.6 Å². The molecule has 0 radical (unpaired) electrons. The molecule has 0 aliphatic heterocycles. The van der Waals surface area contributed by atoms with Gasteiger partial charge in [-0.25, -0.2) is 4.79 Å². The molecule has 0 atom stereocenters. The summed E-state index contributed by atoms with van der Waals surface area (Å²) in [5.41, 5.74) is 1.25. The number of aromatic amines is 1. The van der Waals surface area contributed by atoms with Crippen LogP contribution >= 0.6 is 11.3 Å². The second kappa shape index (κ2) is 5.24. The fourth-order valence-corrected chi connectivity index (χ4v) is 2.61. The van der Waals surface area contributed by atoms with Crippen LogP contribution in [-0.2, 0) is 11.2 Å². The largest absolute Gasteiger partial charge is 0.462 e. The van der Waals surface area contributed by atoms with Crippen LogP contribution < -0.4 is 0 Å². The Morgan fingerprint density at radius 2 is 2.26 bits per heavy atom. The van der Waals surface area contributed by atoms with E-state index in [1.54, 1.807) is 23.6 Å². The standard InChI is InChI=1S/C14H12N2O2S/c17-14(18-7-6-11-4-2-8-19-11)12-5-1-3-10-9-15-16-13(10)12/h1-5,8-9H,6-7H2,(H,15,16). The SMILES string of the molecule is O=C(OCCc1cccs1)c1cccc2cn[nH]c12. The van der Waals surface area contributed by atoms with Crippen LogP contribution in [0.5, 0.6) is 0 Å². The van der Waals surface area contributed by atoms with E-state index in [0.717, 1.165) is 17.3 Å². The van der Waals surface area contributed by atoms with Crippen molar-refractivity contribution in [1.82, 2.24) is 10.2 Å². The van der Waals surface area contributed by atoms with Crippen molar-refractivity contribution >= 4 is 28.2 Å². The molecule has 0 saturated heterocycles. The van der Waals surface area contributed by atoms with E-state index >= 15 is 0 Å². The molecule has 2 heterocycles. The second-order valence-corrected chi connectivity index (χ2v) is 5.14. The summed E-state index contributed by atoms with van der Waals surface area (Å²) in [6.45, 7) is 0.393. The molecule has 5 heteroatoms. The summed E-state index contributed by atoms with van der Waals surface area (Å²) in [7, 11) is 0. The van der Waals surface area contributed by atoms with E-state index in [4.69, 9.17) is 4.74 Å². The Morgan fingerprint density at radius 3 is 3.11 bits per heavy atom. The molecule has 0 amide bonds. The van der Waals surface area contributed by atoms with Gasteiger partial charge in [-0.05, 0) is 17.5 Å². The summed E-state index contributed by atoms with van der Waals surface area (Å²) in [5.74, 6) is -0.314.